The number of aromatic carboxylic acids is 1. The van der Waals surface area contributed by atoms with E-state index in [-0.39, 0.29) is 10.9 Å². The molecule has 1 aromatic heterocycles. The van der Waals surface area contributed by atoms with Crippen LogP contribution < -0.4 is 5.32 Å². The van der Waals surface area contributed by atoms with Crippen LogP contribution in [0, 0.1) is 6.92 Å². The Kier molecular flexibility index (Phi) is 3.91. The highest BCUT2D eigenvalue weighted by atomic mass is 32.1. The molecule has 2 rings (SSSR count). The van der Waals surface area contributed by atoms with Crippen molar-refractivity contribution in [3.8, 4) is 0 Å². The third-order valence-electron chi connectivity index (χ3n) is 2.61. The number of nitrogens with zero attached hydrogens (tertiary/aromatic N) is 1. The number of nitrogens with one attached hydrogen (secondary N) is 1. The number of rotatable bonds is 4. The second kappa shape index (κ2) is 5.62. The molecule has 2 N–H and O–H groups in total. The molecule has 98 valence electrons. The summed E-state index contributed by atoms with van der Waals surface area (Å²) in [6, 6.07) is 7.74. The molecular formula is C13H12N2O3S. The van der Waals surface area contributed by atoms with Gasteiger partial charge in [-0.25, -0.2) is 9.78 Å². The van der Waals surface area contributed by atoms with Crippen LogP contribution in [-0.2, 0) is 6.54 Å². The number of carboxylic acid groups (broad SMARTS) is 1. The number of aryl methyl sites for hydroxylation is 1. The highest BCUT2D eigenvalue weighted by Crippen LogP contribution is 2.13. The zero-order valence-corrected chi connectivity index (χ0v) is 11.0. The number of carbonyl (C=O) groups is 2. The van der Waals surface area contributed by atoms with Gasteiger partial charge in [0.15, 0.2) is 0 Å². The van der Waals surface area contributed by atoms with E-state index >= 15 is 0 Å². The summed E-state index contributed by atoms with van der Waals surface area (Å²) in [4.78, 5) is 26.5. The Bertz CT molecular complexity index is 622. The third kappa shape index (κ3) is 3.17. The second-order valence-electron chi connectivity index (χ2n) is 3.94. The molecule has 0 spiro atoms. The van der Waals surface area contributed by atoms with Gasteiger partial charge in [-0.15, -0.1) is 11.3 Å². The smallest absolute Gasteiger partial charge is 0.365 e. The van der Waals surface area contributed by atoms with Gasteiger partial charge in [-0.1, -0.05) is 24.3 Å². The Balaban J connectivity index is 2.01. The summed E-state index contributed by atoms with van der Waals surface area (Å²) in [7, 11) is 0. The van der Waals surface area contributed by atoms with Gasteiger partial charge in [-0.05, 0) is 18.1 Å². The van der Waals surface area contributed by atoms with E-state index in [9.17, 15) is 9.59 Å². The Morgan fingerprint density at radius 3 is 2.74 bits per heavy atom. The first kappa shape index (κ1) is 13.2. The highest BCUT2D eigenvalue weighted by molar-refractivity contribution is 7.15. The SMILES string of the molecule is Cc1ccccc1CNC(=O)c1cnc(C(=O)O)s1. The minimum absolute atomic E-state index is 0.0824. The van der Waals surface area contributed by atoms with Gasteiger partial charge in [0.25, 0.3) is 5.91 Å². The predicted octanol–water partition coefficient (Wildman–Crippen LogP) is 2.08. The molecule has 0 aliphatic carbocycles. The minimum atomic E-state index is -1.12. The fraction of sp³-hybridized carbons (Fsp3) is 0.154. The van der Waals surface area contributed by atoms with Gasteiger partial charge in [-0.3, -0.25) is 4.79 Å². The average Bonchev–Trinajstić information content (AvgIpc) is 2.87. The lowest BCUT2D eigenvalue weighted by molar-refractivity contribution is 0.0696. The van der Waals surface area contributed by atoms with Gasteiger partial charge in [0.05, 0.1) is 6.20 Å². The molecule has 0 bridgehead atoms. The molecule has 19 heavy (non-hydrogen) atoms. The molecule has 0 saturated carbocycles. The van der Waals surface area contributed by atoms with Crippen LogP contribution >= 0.6 is 11.3 Å². The van der Waals surface area contributed by atoms with Crippen molar-refractivity contribution >= 4 is 23.2 Å². The molecule has 0 atom stereocenters. The Morgan fingerprint density at radius 2 is 2.11 bits per heavy atom. The van der Waals surface area contributed by atoms with Crippen molar-refractivity contribution in [2.45, 2.75) is 13.5 Å². The fourth-order valence-corrected chi connectivity index (χ4v) is 2.22. The van der Waals surface area contributed by atoms with Crippen LogP contribution in [-0.4, -0.2) is 22.0 Å². The number of amides is 1. The molecule has 0 unspecified atom stereocenters. The summed E-state index contributed by atoms with van der Waals surface area (Å²) in [5.74, 6) is -1.43. The number of hydrogen-bond acceptors (Lipinski definition) is 4. The molecular weight excluding hydrogens is 264 g/mol. The quantitative estimate of drug-likeness (QED) is 0.896. The number of carbonyl (C=O) groups excluding carboxylic acids is 1. The zero-order valence-electron chi connectivity index (χ0n) is 10.2. The summed E-state index contributed by atoms with van der Waals surface area (Å²) in [5, 5.41) is 11.4. The summed E-state index contributed by atoms with van der Waals surface area (Å²) in [6.45, 7) is 2.38. The molecule has 0 radical (unpaired) electrons. The van der Waals surface area contributed by atoms with Crippen molar-refractivity contribution in [1.29, 1.82) is 0 Å². The molecule has 1 aromatic carbocycles. The standard InChI is InChI=1S/C13H12N2O3S/c1-8-4-2-3-5-9(8)6-14-11(16)10-7-15-12(19-10)13(17)18/h2-5,7H,6H2,1H3,(H,14,16)(H,17,18). The normalized spacial score (nSPS) is 10.2. The number of thiazole rings is 1. The lowest BCUT2D eigenvalue weighted by Crippen LogP contribution is -2.22. The maximum absolute atomic E-state index is 11.8. The van der Waals surface area contributed by atoms with Crippen LogP contribution in [0.4, 0.5) is 0 Å². The summed E-state index contributed by atoms with van der Waals surface area (Å²) in [6.07, 6.45) is 1.28. The van der Waals surface area contributed by atoms with Crippen molar-refractivity contribution in [2.75, 3.05) is 0 Å². The zero-order chi connectivity index (χ0) is 13.8. The summed E-state index contributed by atoms with van der Waals surface area (Å²) < 4.78 is 0. The maximum atomic E-state index is 11.8. The molecule has 0 saturated heterocycles. The van der Waals surface area contributed by atoms with Gasteiger partial charge in [0, 0.05) is 6.54 Å². The molecule has 6 heteroatoms. The van der Waals surface area contributed by atoms with E-state index in [1.807, 2.05) is 31.2 Å². The van der Waals surface area contributed by atoms with E-state index in [1.165, 1.54) is 6.20 Å². The predicted molar refractivity (Wildman–Crippen MR) is 71.4 cm³/mol. The van der Waals surface area contributed by atoms with Crippen LogP contribution in [0.5, 0.6) is 0 Å². The largest absolute Gasteiger partial charge is 0.476 e. The van der Waals surface area contributed by atoms with E-state index in [2.05, 4.69) is 10.3 Å². The Morgan fingerprint density at radius 1 is 1.37 bits per heavy atom. The molecule has 0 aliphatic heterocycles. The van der Waals surface area contributed by atoms with Gasteiger partial charge in [0.1, 0.15) is 4.88 Å². The number of hydrogen-bond donors (Lipinski definition) is 2. The minimum Gasteiger partial charge on any atom is -0.476 e. The van der Waals surface area contributed by atoms with Gasteiger partial charge < -0.3 is 10.4 Å². The van der Waals surface area contributed by atoms with Crippen LogP contribution in [0.1, 0.15) is 30.6 Å². The first-order valence-corrected chi connectivity index (χ1v) is 6.41. The lowest BCUT2D eigenvalue weighted by atomic mass is 10.1. The van der Waals surface area contributed by atoms with Crippen LogP contribution in [0.25, 0.3) is 0 Å². The van der Waals surface area contributed by atoms with Crippen LogP contribution in [0.15, 0.2) is 30.5 Å². The first-order chi connectivity index (χ1) is 9.08. The van der Waals surface area contributed by atoms with Crippen molar-refractivity contribution in [3.05, 3.63) is 51.5 Å². The van der Waals surface area contributed by atoms with E-state index in [0.29, 0.717) is 11.4 Å². The molecule has 5 nitrogen and oxygen atoms in total. The van der Waals surface area contributed by atoms with E-state index in [1.54, 1.807) is 0 Å². The Hall–Kier alpha value is -2.21. The molecule has 2 aromatic rings. The topological polar surface area (TPSA) is 79.3 Å². The second-order valence-corrected chi connectivity index (χ2v) is 4.97. The van der Waals surface area contributed by atoms with Crippen molar-refractivity contribution in [3.63, 3.8) is 0 Å². The van der Waals surface area contributed by atoms with E-state index in [0.717, 1.165) is 22.5 Å². The number of carboxylic acids is 1. The maximum Gasteiger partial charge on any atom is 0.365 e. The molecule has 0 fully saturated rings. The first-order valence-electron chi connectivity index (χ1n) is 5.60. The summed E-state index contributed by atoms with van der Waals surface area (Å²) >= 11 is 0.866. The highest BCUT2D eigenvalue weighted by Gasteiger charge is 2.14. The number of benzene rings is 1. The van der Waals surface area contributed by atoms with Gasteiger partial charge in [0.2, 0.25) is 5.01 Å². The molecule has 1 heterocycles. The summed E-state index contributed by atoms with van der Waals surface area (Å²) in [5.41, 5.74) is 2.12. The van der Waals surface area contributed by atoms with E-state index < -0.39 is 5.97 Å². The van der Waals surface area contributed by atoms with Gasteiger partial charge in [-0.2, -0.15) is 0 Å². The molecule has 1 amide bonds. The molecule has 0 aliphatic rings. The third-order valence-corrected chi connectivity index (χ3v) is 3.60. The van der Waals surface area contributed by atoms with Crippen LogP contribution in [0.2, 0.25) is 0 Å². The monoisotopic (exact) mass is 276 g/mol. The van der Waals surface area contributed by atoms with Crippen molar-refractivity contribution in [1.82, 2.24) is 10.3 Å². The Labute approximate surface area is 113 Å². The van der Waals surface area contributed by atoms with E-state index in [4.69, 9.17) is 5.11 Å². The van der Waals surface area contributed by atoms with Crippen molar-refractivity contribution in [2.24, 2.45) is 0 Å². The average molecular weight is 276 g/mol. The van der Waals surface area contributed by atoms with Crippen molar-refractivity contribution < 1.29 is 14.7 Å². The van der Waals surface area contributed by atoms with Crippen LogP contribution in [0.3, 0.4) is 0 Å². The number of aromatic nitrogens is 1. The lowest BCUT2D eigenvalue weighted by Gasteiger charge is -2.06. The van der Waals surface area contributed by atoms with Gasteiger partial charge >= 0.3 is 5.97 Å². The fourth-order valence-electron chi connectivity index (χ4n) is 1.55.